The normalized spacial score (nSPS) is 12.7. The highest BCUT2D eigenvalue weighted by Gasteiger charge is 2.02. The molecule has 1 atom stereocenters. The summed E-state index contributed by atoms with van der Waals surface area (Å²) in [6.45, 7) is 2.94. The maximum Gasteiger partial charge on any atom is 0.141 e. The molecule has 0 aliphatic rings. The number of hydrogen-bond donors (Lipinski definition) is 1. The standard InChI is InChI=1S/C9H15N3O2/c1-7(5-13-2)14-6-8-3-12-9(10)4-11-8/h3-4,7H,5-6H2,1-2H3,(H2,10,12). The van der Waals surface area contributed by atoms with Gasteiger partial charge in [0.05, 0.1) is 37.4 Å². The number of aromatic nitrogens is 2. The summed E-state index contributed by atoms with van der Waals surface area (Å²) in [6, 6.07) is 0. The van der Waals surface area contributed by atoms with E-state index in [-0.39, 0.29) is 6.10 Å². The van der Waals surface area contributed by atoms with Crippen molar-refractivity contribution in [2.24, 2.45) is 0 Å². The van der Waals surface area contributed by atoms with Gasteiger partial charge in [-0.3, -0.25) is 4.98 Å². The molecule has 2 N–H and O–H groups in total. The molecular formula is C9H15N3O2. The van der Waals surface area contributed by atoms with E-state index < -0.39 is 0 Å². The molecule has 0 spiro atoms. The second-order valence-corrected chi connectivity index (χ2v) is 3.01. The molecular weight excluding hydrogens is 182 g/mol. The van der Waals surface area contributed by atoms with Crippen molar-refractivity contribution >= 4 is 5.82 Å². The first-order valence-electron chi connectivity index (χ1n) is 4.39. The van der Waals surface area contributed by atoms with Crippen LogP contribution >= 0.6 is 0 Å². The van der Waals surface area contributed by atoms with Crippen LogP contribution in [0.4, 0.5) is 5.82 Å². The Balaban J connectivity index is 2.34. The number of nitrogens with two attached hydrogens (primary N) is 1. The Morgan fingerprint density at radius 1 is 1.43 bits per heavy atom. The first kappa shape index (κ1) is 10.9. The van der Waals surface area contributed by atoms with Crippen molar-refractivity contribution in [2.45, 2.75) is 19.6 Å². The second-order valence-electron chi connectivity index (χ2n) is 3.01. The molecule has 0 radical (unpaired) electrons. The SMILES string of the molecule is COCC(C)OCc1cnc(N)cn1. The smallest absolute Gasteiger partial charge is 0.141 e. The van der Waals surface area contributed by atoms with Crippen molar-refractivity contribution in [2.75, 3.05) is 19.5 Å². The predicted octanol–water partition coefficient (Wildman–Crippen LogP) is 0.610. The third-order valence-corrected chi connectivity index (χ3v) is 1.64. The van der Waals surface area contributed by atoms with Crippen LogP contribution in [0.5, 0.6) is 0 Å². The highest BCUT2D eigenvalue weighted by atomic mass is 16.5. The molecule has 0 amide bonds. The van der Waals surface area contributed by atoms with Gasteiger partial charge in [-0.25, -0.2) is 4.98 Å². The maximum atomic E-state index is 5.44. The number of ether oxygens (including phenoxy) is 2. The predicted molar refractivity (Wildman–Crippen MR) is 52.6 cm³/mol. The maximum absolute atomic E-state index is 5.44. The van der Waals surface area contributed by atoms with Crippen molar-refractivity contribution < 1.29 is 9.47 Å². The number of nitrogens with zero attached hydrogens (tertiary/aromatic N) is 2. The van der Waals surface area contributed by atoms with E-state index in [0.717, 1.165) is 5.69 Å². The molecule has 14 heavy (non-hydrogen) atoms. The number of methoxy groups -OCH3 is 1. The van der Waals surface area contributed by atoms with Crippen LogP contribution in [-0.4, -0.2) is 29.8 Å². The van der Waals surface area contributed by atoms with Crippen LogP contribution in [0.1, 0.15) is 12.6 Å². The van der Waals surface area contributed by atoms with Crippen LogP contribution in [0.15, 0.2) is 12.4 Å². The van der Waals surface area contributed by atoms with Gasteiger partial charge in [-0.2, -0.15) is 0 Å². The van der Waals surface area contributed by atoms with Gasteiger partial charge < -0.3 is 15.2 Å². The van der Waals surface area contributed by atoms with E-state index in [4.69, 9.17) is 15.2 Å². The van der Waals surface area contributed by atoms with Gasteiger partial charge in [-0.05, 0) is 6.92 Å². The van der Waals surface area contributed by atoms with E-state index in [0.29, 0.717) is 19.0 Å². The van der Waals surface area contributed by atoms with Crippen LogP contribution in [0, 0.1) is 0 Å². The summed E-state index contributed by atoms with van der Waals surface area (Å²) in [7, 11) is 1.64. The molecule has 5 nitrogen and oxygen atoms in total. The van der Waals surface area contributed by atoms with E-state index in [2.05, 4.69) is 9.97 Å². The Kier molecular flexibility index (Phi) is 4.28. The first-order chi connectivity index (χ1) is 6.72. The summed E-state index contributed by atoms with van der Waals surface area (Å²) in [5, 5.41) is 0. The molecule has 0 aromatic carbocycles. The zero-order chi connectivity index (χ0) is 10.4. The van der Waals surface area contributed by atoms with Gasteiger partial charge >= 0.3 is 0 Å². The first-order valence-corrected chi connectivity index (χ1v) is 4.39. The molecule has 1 heterocycles. The molecule has 78 valence electrons. The molecule has 1 rings (SSSR count). The van der Waals surface area contributed by atoms with E-state index in [1.54, 1.807) is 13.3 Å². The van der Waals surface area contributed by atoms with Crippen molar-refractivity contribution in [3.63, 3.8) is 0 Å². The average Bonchev–Trinajstić information content (AvgIpc) is 2.17. The third-order valence-electron chi connectivity index (χ3n) is 1.64. The van der Waals surface area contributed by atoms with Crippen molar-refractivity contribution in [3.05, 3.63) is 18.1 Å². The summed E-state index contributed by atoms with van der Waals surface area (Å²) in [4.78, 5) is 7.96. The van der Waals surface area contributed by atoms with Gasteiger partial charge in [-0.1, -0.05) is 0 Å². The molecule has 1 aromatic rings. The van der Waals surface area contributed by atoms with Crippen LogP contribution in [-0.2, 0) is 16.1 Å². The number of nitrogen functional groups attached to an aromatic ring is 1. The van der Waals surface area contributed by atoms with Crippen molar-refractivity contribution in [3.8, 4) is 0 Å². The fourth-order valence-electron chi connectivity index (χ4n) is 0.950. The Labute approximate surface area is 83.3 Å². The van der Waals surface area contributed by atoms with Crippen LogP contribution in [0.2, 0.25) is 0 Å². The van der Waals surface area contributed by atoms with Gasteiger partial charge in [0.25, 0.3) is 0 Å². The molecule has 0 aliphatic carbocycles. The van der Waals surface area contributed by atoms with Gasteiger partial charge in [0.1, 0.15) is 5.82 Å². The quantitative estimate of drug-likeness (QED) is 0.748. The number of hydrogen-bond acceptors (Lipinski definition) is 5. The zero-order valence-corrected chi connectivity index (χ0v) is 8.43. The van der Waals surface area contributed by atoms with Gasteiger partial charge in [-0.15, -0.1) is 0 Å². The monoisotopic (exact) mass is 197 g/mol. The molecule has 5 heteroatoms. The van der Waals surface area contributed by atoms with Gasteiger partial charge in [0.2, 0.25) is 0 Å². The summed E-state index contributed by atoms with van der Waals surface area (Å²) >= 11 is 0. The number of rotatable bonds is 5. The molecule has 0 aliphatic heterocycles. The summed E-state index contributed by atoms with van der Waals surface area (Å²) in [6.07, 6.45) is 3.17. The Morgan fingerprint density at radius 2 is 2.21 bits per heavy atom. The van der Waals surface area contributed by atoms with Crippen LogP contribution in [0.25, 0.3) is 0 Å². The Hall–Kier alpha value is -1.20. The largest absolute Gasteiger partial charge is 0.382 e. The summed E-state index contributed by atoms with van der Waals surface area (Å²) < 4.78 is 10.4. The molecule has 1 aromatic heterocycles. The highest BCUT2D eigenvalue weighted by Crippen LogP contribution is 2.01. The van der Waals surface area contributed by atoms with Crippen LogP contribution < -0.4 is 5.73 Å². The minimum Gasteiger partial charge on any atom is -0.382 e. The highest BCUT2D eigenvalue weighted by molar-refractivity contribution is 5.22. The summed E-state index contributed by atoms with van der Waals surface area (Å²) in [5.74, 6) is 0.415. The molecule has 0 bridgehead atoms. The average molecular weight is 197 g/mol. The minimum atomic E-state index is 0.0550. The molecule has 0 saturated heterocycles. The lowest BCUT2D eigenvalue weighted by molar-refractivity contribution is -0.00146. The van der Waals surface area contributed by atoms with Crippen molar-refractivity contribution in [1.29, 1.82) is 0 Å². The van der Waals surface area contributed by atoms with E-state index in [1.807, 2.05) is 6.92 Å². The second kappa shape index (κ2) is 5.51. The molecule has 1 unspecified atom stereocenters. The number of anilines is 1. The molecule has 0 saturated carbocycles. The lowest BCUT2D eigenvalue weighted by atomic mass is 10.4. The van der Waals surface area contributed by atoms with E-state index >= 15 is 0 Å². The van der Waals surface area contributed by atoms with E-state index in [1.165, 1.54) is 6.20 Å². The van der Waals surface area contributed by atoms with Crippen LogP contribution in [0.3, 0.4) is 0 Å². The Morgan fingerprint density at radius 3 is 2.79 bits per heavy atom. The fraction of sp³-hybridized carbons (Fsp3) is 0.556. The fourth-order valence-corrected chi connectivity index (χ4v) is 0.950. The molecule has 0 fully saturated rings. The Bertz CT molecular complexity index is 263. The lowest BCUT2D eigenvalue weighted by Crippen LogP contribution is -2.15. The topological polar surface area (TPSA) is 70.3 Å². The summed E-state index contributed by atoms with van der Waals surface area (Å²) in [5.41, 5.74) is 6.16. The minimum absolute atomic E-state index is 0.0550. The van der Waals surface area contributed by atoms with E-state index in [9.17, 15) is 0 Å². The van der Waals surface area contributed by atoms with Gasteiger partial charge in [0.15, 0.2) is 0 Å². The third kappa shape index (κ3) is 3.68. The van der Waals surface area contributed by atoms with Gasteiger partial charge in [0, 0.05) is 7.11 Å². The van der Waals surface area contributed by atoms with Crippen molar-refractivity contribution in [1.82, 2.24) is 9.97 Å². The lowest BCUT2D eigenvalue weighted by Gasteiger charge is -2.10. The zero-order valence-electron chi connectivity index (χ0n) is 8.43.